The van der Waals surface area contributed by atoms with Crippen molar-refractivity contribution in [2.75, 3.05) is 13.3 Å². The molecule has 0 aliphatic carbocycles. The van der Waals surface area contributed by atoms with Gasteiger partial charge in [-0.15, -0.1) is 0 Å². The Balaban J connectivity index is 1.60. The van der Waals surface area contributed by atoms with E-state index in [1.54, 1.807) is 0 Å². The summed E-state index contributed by atoms with van der Waals surface area (Å²) in [6, 6.07) is 3.95. The van der Waals surface area contributed by atoms with Crippen molar-refractivity contribution < 1.29 is 9.47 Å². The van der Waals surface area contributed by atoms with E-state index in [2.05, 4.69) is 19.2 Å². The largest absolute Gasteiger partial charge is 0.454 e. The van der Waals surface area contributed by atoms with E-state index in [-0.39, 0.29) is 6.79 Å². The third-order valence-corrected chi connectivity index (χ3v) is 3.98. The minimum atomic E-state index is 0.266. The summed E-state index contributed by atoms with van der Waals surface area (Å²) in [5.41, 5.74) is 1.14. The van der Waals surface area contributed by atoms with E-state index in [9.17, 15) is 0 Å². The first kappa shape index (κ1) is 16.4. The summed E-state index contributed by atoms with van der Waals surface area (Å²) < 4.78 is 10.7. The maximum absolute atomic E-state index is 6.16. The summed E-state index contributed by atoms with van der Waals surface area (Å²) in [6.45, 7) is 6.72. The van der Waals surface area contributed by atoms with E-state index >= 15 is 0 Å². The molecule has 2 rings (SSSR count). The summed E-state index contributed by atoms with van der Waals surface area (Å²) in [4.78, 5) is 0. The SMILES string of the molecule is CC(C)CCCCCCNCc1cc(Cl)c2c(c1)OCO2. The van der Waals surface area contributed by atoms with Crippen molar-refractivity contribution in [2.24, 2.45) is 5.92 Å². The number of hydrogen-bond donors (Lipinski definition) is 1. The molecule has 1 aromatic carbocycles. The van der Waals surface area contributed by atoms with Gasteiger partial charge in [-0.3, -0.25) is 0 Å². The highest BCUT2D eigenvalue weighted by atomic mass is 35.5. The van der Waals surface area contributed by atoms with Crippen molar-refractivity contribution in [2.45, 2.75) is 52.5 Å². The molecule has 0 bridgehead atoms. The van der Waals surface area contributed by atoms with Crippen molar-refractivity contribution in [3.63, 3.8) is 0 Å². The molecule has 0 spiro atoms. The van der Waals surface area contributed by atoms with Gasteiger partial charge in [-0.25, -0.2) is 0 Å². The van der Waals surface area contributed by atoms with Gasteiger partial charge in [0.2, 0.25) is 6.79 Å². The lowest BCUT2D eigenvalue weighted by Crippen LogP contribution is -2.14. The highest BCUT2D eigenvalue weighted by Crippen LogP contribution is 2.39. The van der Waals surface area contributed by atoms with Gasteiger partial charge in [0.15, 0.2) is 11.5 Å². The van der Waals surface area contributed by atoms with Crippen LogP contribution in [0.5, 0.6) is 11.5 Å². The molecule has 1 aromatic rings. The number of nitrogens with one attached hydrogen (secondary N) is 1. The van der Waals surface area contributed by atoms with Crippen LogP contribution in [0.15, 0.2) is 12.1 Å². The number of hydrogen-bond acceptors (Lipinski definition) is 3. The van der Waals surface area contributed by atoms with Gasteiger partial charge in [0.25, 0.3) is 0 Å². The van der Waals surface area contributed by atoms with Gasteiger partial charge in [0.1, 0.15) is 0 Å². The molecule has 21 heavy (non-hydrogen) atoms. The van der Waals surface area contributed by atoms with Crippen molar-refractivity contribution in [1.29, 1.82) is 0 Å². The van der Waals surface area contributed by atoms with Gasteiger partial charge < -0.3 is 14.8 Å². The van der Waals surface area contributed by atoms with Crippen LogP contribution in [0.3, 0.4) is 0 Å². The van der Waals surface area contributed by atoms with Gasteiger partial charge in [0, 0.05) is 6.54 Å². The molecule has 0 saturated heterocycles. The summed E-state index contributed by atoms with van der Waals surface area (Å²) >= 11 is 6.16. The zero-order valence-corrected chi connectivity index (χ0v) is 13.8. The Morgan fingerprint density at radius 3 is 2.76 bits per heavy atom. The fourth-order valence-electron chi connectivity index (χ4n) is 2.51. The summed E-state index contributed by atoms with van der Waals surface area (Å²) in [6.07, 6.45) is 6.59. The number of ether oxygens (including phenoxy) is 2. The number of benzene rings is 1. The maximum Gasteiger partial charge on any atom is 0.231 e. The Morgan fingerprint density at radius 1 is 1.14 bits per heavy atom. The number of fused-ring (bicyclic) bond motifs is 1. The lowest BCUT2D eigenvalue weighted by Gasteiger charge is -2.08. The van der Waals surface area contributed by atoms with E-state index in [1.165, 1.54) is 32.1 Å². The molecule has 1 N–H and O–H groups in total. The molecule has 118 valence electrons. The molecule has 0 saturated carbocycles. The summed E-state index contributed by atoms with van der Waals surface area (Å²) in [5, 5.41) is 4.10. The van der Waals surface area contributed by atoms with E-state index in [4.69, 9.17) is 21.1 Å². The third kappa shape index (κ3) is 5.40. The standard InChI is InChI=1S/C17H26ClNO2/c1-13(2)7-5-3-4-6-8-19-11-14-9-15(18)17-16(10-14)20-12-21-17/h9-10,13,19H,3-8,11-12H2,1-2H3. The first-order valence-corrected chi connectivity index (χ1v) is 8.33. The molecule has 1 aliphatic rings. The van der Waals surface area contributed by atoms with Crippen molar-refractivity contribution in [3.05, 3.63) is 22.7 Å². The molecule has 1 aliphatic heterocycles. The maximum atomic E-state index is 6.16. The normalized spacial score (nSPS) is 13.1. The van der Waals surface area contributed by atoms with Gasteiger partial charge in [0.05, 0.1) is 5.02 Å². The number of rotatable bonds is 9. The Bertz CT molecular complexity index is 449. The van der Waals surface area contributed by atoms with Crippen LogP contribution in [0.4, 0.5) is 0 Å². The zero-order valence-electron chi connectivity index (χ0n) is 13.1. The van der Waals surface area contributed by atoms with Gasteiger partial charge in [-0.05, 0) is 36.6 Å². The summed E-state index contributed by atoms with van der Waals surface area (Å²) in [7, 11) is 0. The van der Waals surface area contributed by atoms with Crippen LogP contribution < -0.4 is 14.8 Å². The average molecular weight is 312 g/mol. The van der Waals surface area contributed by atoms with Crippen LogP contribution in [0.25, 0.3) is 0 Å². The molecule has 0 unspecified atom stereocenters. The van der Waals surface area contributed by atoms with Crippen LogP contribution in [-0.2, 0) is 6.54 Å². The highest BCUT2D eigenvalue weighted by molar-refractivity contribution is 6.32. The highest BCUT2D eigenvalue weighted by Gasteiger charge is 2.17. The molecule has 0 radical (unpaired) electrons. The average Bonchev–Trinajstić information content (AvgIpc) is 2.90. The summed E-state index contributed by atoms with van der Waals surface area (Å²) in [5.74, 6) is 2.26. The molecule has 0 amide bonds. The van der Waals surface area contributed by atoms with E-state index in [1.807, 2.05) is 12.1 Å². The van der Waals surface area contributed by atoms with Gasteiger partial charge >= 0.3 is 0 Å². The molecular formula is C17H26ClNO2. The van der Waals surface area contributed by atoms with E-state index < -0.39 is 0 Å². The molecule has 0 fully saturated rings. The molecule has 0 aromatic heterocycles. The van der Waals surface area contributed by atoms with Crippen molar-refractivity contribution in [3.8, 4) is 11.5 Å². The molecule has 4 heteroatoms. The first-order chi connectivity index (χ1) is 10.2. The smallest absolute Gasteiger partial charge is 0.231 e. The topological polar surface area (TPSA) is 30.5 Å². The minimum Gasteiger partial charge on any atom is -0.454 e. The molecule has 0 atom stereocenters. The molecular weight excluding hydrogens is 286 g/mol. The predicted octanol–water partition coefficient (Wildman–Crippen LogP) is 4.76. The fourth-order valence-corrected chi connectivity index (χ4v) is 2.80. The monoisotopic (exact) mass is 311 g/mol. The lowest BCUT2D eigenvalue weighted by atomic mass is 10.0. The quantitative estimate of drug-likeness (QED) is 0.667. The molecule has 3 nitrogen and oxygen atoms in total. The fraction of sp³-hybridized carbons (Fsp3) is 0.647. The van der Waals surface area contributed by atoms with E-state index in [0.717, 1.165) is 30.3 Å². The first-order valence-electron chi connectivity index (χ1n) is 7.95. The van der Waals surface area contributed by atoms with E-state index in [0.29, 0.717) is 10.8 Å². The van der Waals surface area contributed by atoms with Crippen LogP contribution in [0.2, 0.25) is 5.02 Å². The number of unbranched alkanes of at least 4 members (excludes halogenated alkanes) is 3. The zero-order chi connectivity index (χ0) is 15.1. The minimum absolute atomic E-state index is 0.266. The third-order valence-electron chi connectivity index (χ3n) is 3.70. The Hall–Kier alpha value is -0.930. The Labute approximate surface area is 133 Å². The Kier molecular flexibility index (Phi) is 6.65. The van der Waals surface area contributed by atoms with Crippen LogP contribution >= 0.6 is 11.6 Å². The number of halogens is 1. The van der Waals surface area contributed by atoms with Gasteiger partial charge in [-0.1, -0.05) is 51.1 Å². The van der Waals surface area contributed by atoms with Gasteiger partial charge in [-0.2, -0.15) is 0 Å². The van der Waals surface area contributed by atoms with Crippen molar-refractivity contribution >= 4 is 11.6 Å². The second-order valence-electron chi connectivity index (χ2n) is 6.08. The van der Waals surface area contributed by atoms with Crippen LogP contribution in [0, 0.1) is 5.92 Å². The van der Waals surface area contributed by atoms with Crippen LogP contribution in [-0.4, -0.2) is 13.3 Å². The lowest BCUT2D eigenvalue weighted by molar-refractivity contribution is 0.174. The predicted molar refractivity (Wildman–Crippen MR) is 87.2 cm³/mol. The Morgan fingerprint density at radius 2 is 1.95 bits per heavy atom. The second-order valence-corrected chi connectivity index (χ2v) is 6.49. The van der Waals surface area contributed by atoms with Crippen molar-refractivity contribution in [1.82, 2.24) is 5.32 Å². The molecule has 1 heterocycles. The second kappa shape index (κ2) is 8.50. The van der Waals surface area contributed by atoms with Crippen LogP contribution in [0.1, 0.15) is 51.5 Å².